The van der Waals surface area contributed by atoms with E-state index in [2.05, 4.69) is 10.6 Å². The van der Waals surface area contributed by atoms with Crippen LogP contribution in [0.2, 0.25) is 0 Å². The van der Waals surface area contributed by atoms with Crippen LogP contribution in [0.1, 0.15) is 17.9 Å². The minimum Gasteiger partial charge on any atom is -0.497 e. The van der Waals surface area contributed by atoms with Gasteiger partial charge in [0, 0.05) is 30.3 Å². The van der Waals surface area contributed by atoms with E-state index in [1.807, 2.05) is 18.2 Å². The molecule has 0 radical (unpaired) electrons. The van der Waals surface area contributed by atoms with E-state index in [9.17, 15) is 9.90 Å². The molecule has 3 atom stereocenters. The molecule has 5 nitrogen and oxygen atoms in total. The molecule has 0 amide bonds. The monoisotopic (exact) mass is 262 g/mol. The van der Waals surface area contributed by atoms with Crippen LogP contribution in [0, 0.1) is 5.92 Å². The third-order valence-corrected chi connectivity index (χ3v) is 4.16. The maximum Gasteiger partial charge on any atom is 0.311 e. The Bertz CT molecular complexity index is 503. The molecule has 1 fully saturated rings. The number of benzene rings is 1. The Labute approximate surface area is 112 Å². The van der Waals surface area contributed by atoms with E-state index >= 15 is 0 Å². The molecule has 0 aliphatic carbocycles. The van der Waals surface area contributed by atoms with Crippen molar-refractivity contribution in [3.63, 3.8) is 0 Å². The van der Waals surface area contributed by atoms with Crippen LogP contribution in [-0.4, -0.2) is 37.3 Å². The molecule has 2 aliphatic rings. The fraction of sp³-hybridized carbons (Fsp3) is 0.500. The number of carbonyl (C=O) groups is 1. The van der Waals surface area contributed by atoms with Gasteiger partial charge in [-0.25, -0.2) is 0 Å². The number of rotatable bonds is 2. The summed E-state index contributed by atoms with van der Waals surface area (Å²) < 4.78 is 5.21. The van der Waals surface area contributed by atoms with Gasteiger partial charge in [0.2, 0.25) is 0 Å². The molecule has 102 valence electrons. The molecule has 19 heavy (non-hydrogen) atoms. The van der Waals surface area contributed by atoms with Gasteiger partial charge in [-0.1, -0.05) is 6.07 Å². The number of aliphatic carboxylic acids is 1. The number of carboxylic acid groups (broad SMARTS) is 1. The topological polar surface area (TPSA) is 70.6 Å². The number of hydrogen-bond donors (Lipinski definition) is 3. The SMILES string of the molecule is COc1ccc2c(c1)NC1CCNCC1C2C(=O)O. The van der Waals surface area contributed by atoms with E-state index in [-0.39, 0.29) is 12.0 Å². The maximum absolute atomic E-state index is 11.6. The molecule has 0 spiro atoms. The molecular weight excluding hydrogens is 244 g/mol. The summed E-state index contributed by atoms with van der Waals surface area (Å²) in [5.41, 5.74) is 1.76. The Hall–Kier alpha value is -1.75. The molecule has 2 aliphatic heterocycles. The average Bonchev–Trinajstić information content (AvgIpc) is 2.43. The first-order chi connectivity index (χ1) is 9.20. The summed E-state index contributed by atoms with van der Waals surface area (Å²) in [6.45, 7) is 1.68. The number of nitrogens with one attached hydrogen (secondary N) is 2. The fourth-order valence-electron chi connectivity index (χ4n) is 3.22. The number of methoxy groups -OCH3 is 1. The summed E-state index contributed by atoms with van der Waals surface area (Å²) in [5, 5.41) is 16.3. The van der Waals surface area contributed by atoms with Gasteiger partial charge in [0.15, 0.2) is 0 Å². The van der Waals surface area contributed by atoms with Gasteiger partial charge in [-0.05, 0) is 24.6 Å². The summed E-state index contributed by atoms with van der Waals surface area (Å²) in [4.78, 5) is 11.6. The first-order valence-electron chi connectivity index (χ1n) is 6.58. The summed E-state index contributed by atoms with van der Waals surface area (Å²) >= 11 is 0. The Kier molecular flexibility index (Phi) is 3.06. The van der Waals surface area contributed by atoms with Crippen molar-refractivity contribution in [1.29, 1.82) is 0 Å². The number of piperidine rings is 1. The second kappa shape index (κ2) is 4.74. The third kappa shape index (κ3) is 2.04. The molecular formula is C14H18N2O3. The van der Waals surface area contributed by atoms with Gasteiger partial charge in [0.05, 0.1) is 13.0 Å². The maximum atomic E-state index is 11.6. The smallest absolute Gasteiger partial charge is 0.311 e. The molecule has 3 rings (SSSR count). The Morgan fingerprint density at radius 3 is 3.05 bits per heavy atom. The van der Waals surface area contributed by atoms with Crippen LogP contribution in [0.3, 0.4) is 0 Å². The summed E-state index contributed by atoms with van der Waals surface area (Å²) in [6.07, 6.45) is 0.950. The second-order valence-corrected chi connectivity index (χ2v) is 5.18. The van der Waals surface area contributed by atoms with Crippen LogP contribution in [0.4, 0.5) is 5.69 Å². The number of anilines is 1. The van der Waals surface area contributed by atoms with Crippen LogP contribution in [0.15, 0.2) is 18.2 Å². The molecule has 3 unspecified atom stereocenters. The van der Waals surface area contributed by atoms with E-state index in [1.165, 1.54) is 0 Å². The van der Waals surface area contributed by atoms with Gasteiger partial charge in [-0.3, -0.25) is 4.79 Å². The largest absolute Gasteiger partial charge is 0.497 e. The standard InChI is InChI=1S/C14H18N2O3/c1-19-8-2-3-9-12(6-8)16-11-4-5-15-7-10(11)13(9)14(17)18/h2-3,6,10-11,13,15-16H,4-5,7H2,1H3,(H,17,18). The zero-order valence-electron chi connectivity index (χ0n) is 10.8. The van der Waals surface area contributed by atoms with Gasteiger partial charge < -0.3 is 20.5 Å². The first-order valence-corrected chi connectivity index (χ1v) is 6.58. The van der Waals surface area contributed by atoms with Crippen LogP contribution in [-0.2, 0) is 4.79 Å². The van der Waals surface area contributed by atoms with Crippen molar-refractivity contribution >= 4 is 11.7 Å². The van der Waals surface area contributed by atoms with Crippen molar-refractivity contribution in [2.45, 2.75) is 18.4 Å². The zero-order valence-corrected chi connectivity index (χ0v) is 10.8. The highest BCUT2D eigenvalue weighted by Crippen LogP contribution is 2.41. The van der Waals surface area contributed by atoms with Gasteiger partial charge in [0.1, 0.15) is 5.75 Å². The van der Waals surface area contributed by atoms with Crippen molar-refractivity contribution in [2.24, 2.45) is 5.92 Å². The molecule has 1 saturated heterocycles. The minimum atomic E-state index is -0.744. The van der Waals surface area contributed by atoms with E-state index in [0.717, 1.165) is 36.5 Å². The van der Waals surface area contributed by atoms with Crippen molar-refractivity contribution in [3.05, 3.63) is 23.8 Å². The molecule has 0 aromatic heterocycles. The number of ether oxygens (including phenoxy) is 1. The van der Waals surface area contributed by atoms with Crippen molar-refractivity contribution in [2.75, 3.05) is 25.5 Å². The number of carboxylic acids is 1. The summed E-state index contributed by atoms with van der Waals surface area (Å²) in [5.74, 6) is -0.332. The highest BCUT2D eigenvalue weighted by Gasteiger charge is 2.41. The lowest BCUT2D eigenvalue weighted by molar-refractivity contribution is -0.140. The molecule has 0 saturated carbocycles. The van der Waals surface area contributed by atoms with Gasteiger partial charge in [0.25, 0.3) is 0 Å². The molecule has 5 heteroatoms. The Morgan fingerprint density at radius 1 is 1.47 bits per heavy atom. The first kappa shape index (κ1) is 12.3. The predicted molar refractivity (Wildman–Crippen MR) is 71.8 cm³/mol. The third-order valence-electron chi connectivity index (χ3n) is 4.16. The lowest BCUT2D eigenvalue weighted by Gasteiger charge is -2.42. The van der Waals surface area contributed by atoms with E-state index in [1.54, 1.807) is 7.11 Å². The van der Waals surface area contributed by atoms with E-state index in [4.69, 9.17) is 4.74 Å². The highest BCUT2D eigenvalue weighted by atomic mass is 16.5. The number of fused-ring (bicyclic) bond motifs is 2. The second-order valence-electron chi connectivity index (χ2n) is 5.18. The lowest BCUT2D eigenvalue weighted by Crippen LogP contribution is -2.50. The lowest BCUT2D eigenvalue weighted by atomic mass is 9.75. The van der Waals surface area contributed by atoms with Gasteiger partial charge in [-0.2, -0.15) is 0 Å². The molecule has 2 heterocycles. The molecule has 1 aromatic rings. The minimum absolute atomic E-state index is 0.104. The Morgan fingerprint density at radius 2 is 2.32 bits per heavy atom. The molecule has 3 N–H and O–H groups in total. The molecule has 0 bridgehead atoms. The molecule has 1 aromatic carbocycles. The van der Waals surface area contributed by atoms with Gasteiger partial charge in [-0.15, -0.1) is 0 Å². The quantitative estimate of drug-likeness (QED) is 0.748. The Balaban J connectivity index is 2.04. The van der Waals surface area contributed by atoms with E-state index < -0.39 is 11.9 Å². The van der Waals surface area contributed by atoms with Crippen molar-refractivity contribution < 1.29 is 14.6 Å². The van der Waals surface area contributed by atoms with Crippen molar-refractivity contribution in [3.8, 4) is 5.75 Å². The average molecular weight is 262 g/mol. The van der Waals surface area contributed by atoms with Crippen LogP contribution >= 0.6 is 0 Å². The zero-order chi connectivity index (χ0) is 13.4. The van der Waals surface area contributed by atoms with E-state index in [0.29, 0.717) is 0 Å². The normalized spacial score (nSPS) is 28.8. The van der Waals surface area contributed by atoms with Crippen LogP contribution in [0.5, 0.6) is 5.75 Å². The summed E-state index contributed by atoms with van der Waals surface area (Å²) in [7, 11) is 1.62. The highest BCUT2D eigenvalue weighted by molar-refractivity contribution is 5.81. The van der Waals surface area contributed by atoms with Crippen LogP contribution in [0.25, 0.3) is 0 Å². The summed E-state index contributed by atoms with van der Waals surface area (Å²) in [6, 6.07) is 5.81. The fourth-order valence-corrected chi connectivity index (χ4v) is 3.22. The van der Waals surface area contributed by atoms with Gasteiger partial charge >= 0.3 is 5.97 Å². The number of hydrogen-bond acceptors (Lipinski definition) is 4. The van der Waals surface area contributed by atoms with Crippen molar-refractivity contribution in [1.82, 2.24) is 5.32 Å². The van der Waals surface area contributed by atoms with Crippen LogP contribution < -0.4 is 15.4 Å². The predicted octanol–water partition coefficient (Wildman–Crippen LogP) is 1.27.